The van der Waals surface area contributed by atoms with Crippen LogP contribution in [-0.4, -0.2) is 4.98 Å². The zero-order valence-corrected chi connectivity index (χ0v) is 14.3. The zero-order valence-electron chi connectivity index (χ0n) is 13.4. The van der Waals surface area contributed by atoms with Gasteiger partial charge in [-0.25, -0.2) is 0 Å². The van der Waals surface area contributed by atoms with Crippen molar-refractivity contribution in [3.63, 3.8) is 0 Å². The molecule has 0 spiro atoms. The molecule has 24 heavy (non-hydrogen) atoms. The number of aryl methyl sites for hydroxylation is 1. The number of aromatic nitrogens is 1. The van der Waals surface area contributed by atoms with E-state index in [-0.39, 0.29) is 0 Å². The largest absolute Gasteiger partial charge is 0.254 e. The molecule has 0 atom stereocenters. The van der Waals surface area contributed by atoms with E-state index in [1.165, 1.54) is 26.1 Å². The first-order chi connectivity index (χ1) is 11.8. The molecule has 0 amide bonds. The van der Waals surface area contributed by atoms with Crippen molar-refractivity contribution in [1.29, 1.82) is 0 Å². The van der Waals surface area contributed by atoms with Crippen LogP contribution in [0.4, 0.5) is 0 Å². The standard InChI is InChI=1S/C22H17NS/c1-16-11-13-19(14-12-16)24-22-20-10-6-5-9-18(20)15-23-21(22)17-7-3-2-4-8-17/h2-15H,1H3. The summed E-state index contributed by atoms with van der Waals surface area (Å²) in [5.74, 6) is 0. The Bertz CT molecular complexity index is 976. The number of fused-ring (bicyclic) bond motifs is 1. The Hall–Kier alpha value is -2.58. The number of benzene rings is 3. The first-order valence-electron chi connectivity index (χ1n) is 7.99. The van der Waals surface area contributed by atoms with Gasteiger partial charge in [0.25, 0.3) is 0 Å². The molecule has 1 heterocycles. The molecule has 4 aromatic rings. The number of rotatable bonds is 3. The van der Waals surface area contributed by atoms with Crippen LogP contribution in [0.25, 0.3) is 22.0 Å². The molecule has 4 rings (SSSR count). The van der Waals surface area contributed by atoms with Gasteiger partial charge < -0.3 is 0 Å². The number of pyridine rings is 1. The summed E-state index contributed by atoms with van der Waals surface area (Å²) in [7, 11) is 0. The van der Waals surface area contributed by atoms with Crippen molar-refractivity contribution in [2.75, 3.05) is 0 Å². The normalized spacial score (nSPS) is 10.9. The second-order valence-corrected chi connectivity index (χ2v) is 6.89. The molecule has 0 N–H and O–H groups in total. The van der Waals surface area contributed by atoms with Gasteiger partial charge in [0.1, 0.15) is 0 Å². The smallest absolute Gasteiger partial charge is 0.0847 e. The quantitative estimate of drug-likeness (QED) is 0.434. The lowest BCUT2D eigenvalue weighted by Gasteiger charge is -2.12. The van der Waals surface area contributed by atoms with Gasteiger partial charge in [-0.15, -0.1) is 0 Å². The van der Waals surface area contributed by atoms with E-state index in [4.69, 9.17) is 4.98 Å². The minimum absolute atomic E-state index is 1.04. The zero-order chi connectivity index (χ0) is 16.4. The minimum Gasteiger partial charge on any atom is -0.254 e. The Balaban J connectivity index is 1.91. The Morgan fingerprint density at radius 2 is 1.46 bits per heavy atom. The van der Waals surface area contributed by atoms with Gasteiger partial charge in [0, 0.05) is 26.9 Å². The van der Waals surface area contributed by atoms with Gasteiger partial charge in [-0.05, 0) is 24.4 Å². The Kier molecular flexibility index (Phi) is 4.06. The number of hydrogen-bond acceptors (Lipinski definition) is 2. The van der Waals surface area contributed by atoms with Gasteiger partial charge in [-0.1, -0.05) is 84.1 Å². The van der Waals surface area contributed by atoms with E-state index >= 15 is 0 Å². The molecule has 1 aromatic heterocycles. The molecule has 0 unspecified atom stereocenters. The van der Waals surface area contributed by atoms with E-state index < -0.39 is 0 Å². The Labute approximate surface area is 146 Å². The predicted octanol–water partition coefficient (Wildman–Crippen LogP) is 6.36. The maximum Gasteiger partial charge on any atom is 0.0847 e. The van der Waals surface area contributed by atoms with Crippen molar-refractivity contribution in [2.24, 2.45) is 0 Å². The van der Waals surface area contributed by atoms with Crippen LogP contribution < -0.4 is 0 Å². The summed E-state index contributed by atoms with van der Waals surface area (Å²) in [5.41, 5.74) is 3.47. The third kappa shape index (κ3) is 2.93. The molecule has 1 nitrogen and oxygen atoms in total. The van der Waals surface area contributed by atoms with Gasteiger partial charge in [0.15, 0.2) is 0 Å². The summed E-state index contributed by atoms with van der Waals surface area (Å²) in [6.07, 6.45) is 1.97. The fourth-order valence-corrected chi connectivity index (χ4v) is 3.84. The van der Waals surface area contributed by atoms with Crippen LogP contribution in [0.15, 0.2) is 94.9 Å². The molecule has 2 heteroatoms. The average molecular weight is 327 g/mol. The van der Waals surface area contributed by atoms with Crippen molar-refractivity contribution in [2.45, 2.75) is 16.7 Å². The van der Waals surface area contributed by atoms with Crippen molar-refractivity contribution in [3.8, 4) is 11.3 Å². The lowest BCUT2D eigenvalue weighted by atomic mass is 10.1. The number of nitrogens with zero attached hydrogens (tertiary/aromatic N) is 1. The van der Waals surface area contributed by atoms with E-state index in [1.807, 2.05) is 12.3 Å². The second kappa shape index (κ2) is 6.50. The second-order valence-electron chi connectivity index (χ2n) is 5.80. The van der Waals surface area contributed by atoms with Gasteiger partial charge in [-0.3, -0.25) is 4.98 Å². The third-order valence-corrected chi connectivity index (χ3v) is 5.17. The van der Waals surface area contributed by atoms with Gasteiger partial charge in [0.2, 0.25) is 0 Å². The van der Waals surface area contributed by atoms with Crippen LogP contribution in [-0.2, 0) is 0 Å². The van der Waals surface area contributed by atoms with Crippen LogP contribution in [0.3, 0.4) is 0 Å². The molecule has 0 aliphatic heterocycles. The van der Waals surface area contributed by atoms with E-state index in [1.54, 1.807) is 11.8 Å². The van der Waals surface area contributed by atoms with E-state index in [9.17, 15) is 0 Å². The molecule has 0 saturated heterocycles. The first-order valence-corrected chi connectivity index (χ1v) is 8.80. The van der Waals surface area contributed by atoms with Crippen LogP contribution in [0.2, 0.25) is 0 Å². The molecule has 0 fully saturated rings. The first kappa shape index (κ1) is 15.0. The topological polar surface area (TPSA) is 12.9 Å². The molecular weight excluding hydrogens is 310 g/mol. The van der Waals surface area contributed by atoms with E-state index in [0.717, 1.165) is 11.3 Å². The Morgan fingerprint density at radius 1 is 0.750 bits per heavy atom. The maximum absolute atomic E-state index is 4.77. The number of hydrogen-bond donors (Lipinski definition) is 0. The van der Waals surface area contributed by atoms with Crippen LogP contribution in [0, 0.1) is 6.92 Å². The highest BCUT2D eigenvalue weighted by Crippen LogP contribution is 2.39. The maximum atomic E-state index is 4.77. The van der Waals surface area contributed by atoms with E-state index in [0.29, 0.717) is 0 Å². The highest BCUT2D eigenvalue weighted by molar-refractivity contribution is 7.99. The summed E-state index contributed by atoms with van der Waals surface area (Å²) >= 11 is 1.78. The minimum atomic E-state index is 1.04. The summed E-state index contributed by atoms with van der Waals surface area (Å²) in [6.45, 7) is 2.11. The van der Waals surface area contributed by atoms with Gasteiger partial charge >= 0.3 is 0 Å². The van der Waals surface area contributed by atoms with Crippen LogP contribution >= 0.6 is 11.8 Å². The predicted molar refractivity (Wildman–Crippen MR) is 102 cm³/mol. The average Bonchev–Trinajstić information content (AvgIpc) is 2.64. The summed E-state index contributed by atoms with van der Waals surface area (Å²) in [5, 5.41) is 2.42. The molecule has 0 aliphatic carbocycles. The van der Waals surface area contributed by atoms with Crippen molar-refractivity contribution < 1.29 is 0 Å². The Morgan fingerprint density at radius 3 is 2.25 bits per heavy atom. The fraction of sp³-hybridized carbons (Fsp3) is 0.0455. The lowest BCUT2D eigenvalue weighted by molar-refractivity contribution is 1.28. The lowest BCUT2D eigenvalue weighted by Crippen LogP contribution is -1.90. The highest BCUT2D eigenvalue weighted by Gasteiger charge is 2.12. The molecule has 3 aromatic carbocycles. The van der Waals surface area contributed by atoms with Crippen LogP contribution in [0.1, 0.15) is 5.56 Å². The molecular formula is C22H17NS. The van der Waals surface area contributed by atoms with E-state index in [2.05, 4.69) is 79.7 Å². The molecule has 0 radical (unpaired) electrons. The monoisotopic (exact) mass is 327 g/mol. The fourth-order valence-electron chi connectivity index (χ4n) is 2.77. The summed E-state index contributed by atoms with van der Waals surface area (Å²) < 4.78 is 0. The SMILES string of the molecule is Cc1ccc(Sc2c(-c3ccccc3)ncc3ccccc23)cc1. The highest BCUT2D eigenvalue weighted by atomic mass is 32.2. The molecule has 0 saturated carbocycles. The van der Waals surface area contributed by atoms with Crippen molar-refractivity contribution in [3.05, 3.63) is 90.6 Å². The third-order valence-electron chi connectivity index (χ3n) is 4.04. The van der Waals surface area contributed by atoms with Crippen LogP contribution in [0.5, 0.6) is 0 Å². The van der Waals surface area contributed by atoms with Crippen molar-refractivity contribution >= 4 is 22.5 Å². The van der Waals surface area contributed by atoms with Gasteiger partial charge in [-0.2, -0.15) is 0 Å². The summed E-state index contributed by atoms with van der Waals surface area (Å²) in [6, 6.07) is 27.5. The molecule has 0 aliphatic rings. The molecule has 116 valence electrons. The molecule has 0 bridgehead atoms. The summed E-state index contributed by atoms with van der Waals surface area (Å²) in [4.78, 5) is 7.21. The van der Waals surface area contributed by atoms with Gasteiger partial charge in [0.05, 0.1) is 5.69 Å². The van der Waals surface area contributed by atoms with Crippen molar-refractivity contribution in [1.82, 2.24) is 4.98 Å².